The number of likely N-dealkylation sites (N-methyl/N-ethyl adjacent to an activating group) is 1. The Morgan fingerprint density at radius 1 is 1.25 bits per heavy atom. The van der Waals surface area contributed by atoms with E-state index in [2.05, 4.69) is 22.2 Å². The molecule has 3 heteroatoms. The third-order valence-electron chi connectivity index (χ3n) is 4.08. The third kappa shape index (κ3) is 3.72. The van der Waals surface area contributed by atoms with E-state index in [1.165, 1.54) is 71.4 Å². The van der Waals surface area contributed by atoms with Crippen molar-refractivity contribution >= 4 is 0 Å². The second-order valence-electron chi connectivity index (χ2n) is 5.38. The Bertz CT molecular complexity index is 184. The normalized spacial score (nSPS) is 27.8. The molecule has 1 N–H and O–H groups in total. The van der Waals surface area contributed by atoms with Crippen LogP contribution in [0.3, 0.4) is 0 Å². The van der Waals surface area contributed by atoms with Gasteiger partial charge in [-0.1, -0.05) is 0 Å². The highest BCUT2D eigenvalue weighted by atomic mass is 15.2. The van der Waals surface area contributed by atoms with E-state index in [0.29, 0.717) is 0 Å². The van der Waals surface area contributed by atoms with E-state index in [1.807, 2.05) is 0 Å². The molecule has 0 aromatic carbocycles. The second-order valence-corrected chi connectivity index (χ2v) is 5.38. The molecule has 1 unspecified atom stereocenters. The maximum Gasteiger partial charge on any atom is 0.0218 e. The van der Waals surface area contributed by atoms with Crippen LogP contribution in [-0.4, -0.2) is 62.2 Å². The van der Waals surface area contributed by atoms with E-state index in [0.717, 1.165) is 6.04 Å². The van der Waals surface area contributed by atoms with Gasteiger partial charge in [-0.05, 0) is 71.9 Å². The molecule has 0 aromatic rings. The smallest absolute Gasteiger partial charge is 0.0218 e. The summed E-state index contributed by atoms with van der Waals surface area (Å²) in [7, 11) is 2.29. The van der Waals surface area contributed by atoms with Crippen LogP contribution in [0.25, 0.3) is 0 Å². The van der Waals surface area contributed by atoms with Gasteiger partial charge < -0.3 is 15.1 Å². The Balaban J connectivity index is 1.57. The predicted octanol–water partition coefficient (Wildman–Crippen LogP) is 1.16. The Labute approximate surface area is 100 Å². The fourth-order valence-electron chi connectivity index (χ4n) is 2.94. The maximum atomic E-state index is 3.50. The van der Waals surface area contributed by atoms with E-state index in [4.69, 9.17) is 0 Å². The van der Waals surface area contributed by atoms with Crippen molar-refractivity contribution in [2.24, 2.45) is 0 Å². The molecular formula is C13H27N3. The molecule has 0 bridgehead atoms. The van der Waals surface area contributed by atoms with Gasteiger partial charge in [0.05, 0.1) is 0 Å². The van der Waals surface area contributed by atoms with Crippen molar-refractivity contribution in [2.75, 3.05) is 46.3 Å². The summed E-state index contributed by atoms with van der Waals surface area (Å²) < 4.78 is 0. The number of rotatable bonds is 5. The zero-order valence-corrected chi connectivity index (χ0v) is 10.7. The summed E-state index contributed by atoms with van der Waals surface area (Å²) in [6, 6.07) is 0.785. The Morgan fingerprint density at radius 3 is 2.75 bits per heavy atom. The van der Waals surface area contributed by atoms with Gasteiger partial charge in [-0.2, -0.15) is 0 Å². The summed E-state index contributed by atoms with van der Waals surface area (Å²) in [6.45, 7) is 7.68. The standard InChI is InChI=1S/C13H27N3/c1-15(13-6-4-7-14-12-13)8-5-11-16-9-2-3-10-16/h13-14H,2-12H2,1H3. The number of hydrogen-bond donors (Lipinski definition) is 1. The van der Waals surface area contributed by atoms with Crippen LogP contribution in [0.4, 0.5) is 0 Å². The summed E-state index contributed by atoms with van der Waals surface area (Å²) in [5, 5.41) is 3.50. The Hall–Kier alpha value is -0.120. The molecule has 0 spiro atoms. The van der Waals surface area contributed by atoms with Gasteiger partial charge in [-0.15, -0.1) is 0 Å². The van der Waals surface area contributed by atoms with Crippen molar-refractivity contribution in [2.45, 2.75) is 38.1 Å². The van der Waals surface area contributed by atoms with Crippen molar-refractivity contribution in [3.63, 3.8) is 0 Å². The van der Waals surface area contributed by atoms with E-state index in [1.54, 1.807) is 0 Å². The lowest BCUT2D eigenvalue weighted by Gasteiger charge is -2.32. The molecule has 0 radical (unpaired) electrons. The molecule has 94 valence electrons. The van der Waals surface area contributed by atoms with E-state index in [-0.39, 0.29) is 0 Å². The number of nitrogens with zero attached hydrogens (tertiary/aromatic N) is 2. The van der Waals surface area contributed by atoms with E-state index < -0.39 is 0 Å². The van der Waals surface area contributed by atoms with Crippen LogP contribution < -0.4 is 5.32 Å². The van der Waals surface area contributed by atoms with Crippen LogP contribution >= 0.6 is 0 Å². The Morgan fingerprint density at radius 2 is 2.06 bits per heavy atom. The largest absolute Gasteiger partial charge is 0.315 e. The lowest BCUT2D eigenvalue weighted by Crippen LogP contribution is -2.44. The number of hydrogen-bond acceptors (Lipinski definition) is 3. The summed E-state index contributed by atoms with van der Waals surface area (Å²) in [4.78, 5) is 5.18. The monoisotopic (exact) mass is 225 g/mol. The summed E-state index contributed by atoms with van der Waals surface area (Å²) >= 11 is 0. The maximum absolute atomic E-state index is 3.50. The minimum atomic E-state index is 0.785. The molecule has 0 saturated carbocycles. The second kappa shape index (κ2) is 6.58. The fraction of sp³-hybridized carbons (Fsp3) is 1.00. The van der Waals surface area contributed by atoms with Gasteiger partial charge >= 0.3 is 0 Å². The molecule has 0 aliphatic carbocycles. The third-order valence-corrected chi connectivity index (χ3v) is 4.08. The molecular weight excluding hydrogens is 198 g/mol. The van der Waals surface area contributed by atoms with Crippen LogP contribution in [0, 0.1) is 0 Å². The molecule has 2 fully saturated rings. The zero-order chi connectivity index (χ0) is 11.2. The van der Waals surface area contributed by atoms with Crippen molar-refractivity contribution in [3.05, 3.63) is 0 Å². The van der Waals surface area contributed by atoms with Crippen LogP contribution in [0.1, 0.15) is 32.1 Å². The first-order chi connectivity index (χ1) is 7.86. The van der Waals surface area contributed by atoms with Crippen LogP contribution in [0.15, 0.2) is 0 Å². The van der Waals surface area contributed by atoms with Gasteiger partial charge in [0.25, 0.3) is 0 Å². The molecule has 2 aliphatic heterocycles. The topological polar surface area (TPSA) is 18.5 Å². The lowest BCUT2D eigenvalue weighted by molar-refractivity contribution is 0.191. The van der Waals surface area contributed by atoms with Gasteiger partial charge in [0.1, 0.15) is 0 Å². The Kier molecular flexibility index (Phi) is 5.07. The zero-order valence-electron chi connectivity index (χ0n) is 10.7. The number of nitrogens with one attached hydrogen (secondary N) is 1. The minimum absolute atomic E-state index is 0.785. The van der Waals surface area contributed by atoms with Crippen molar-refractivity contribution in [1.82, 2.24) is 15.1 Å². The highest BCUT2D eigenvalue weighted by molar-refractivity contribution is 4.76. The molecule has 3 nitrogen and oxygen atoms in total. The van der Waals surface area contributed by atoms with E-state index >= 15 is 0 Å². The molecule has 16 heavy (non-hydrogen) atoms. The molecule has 2 aliphatic rings. The van der Waals surface area contributed by atoms with Crippen molar-refractivity contribution in [1.29, 1.82) is 0 Å². The van der Waals surface area contributed by atoms with Gasteiger partial charge in [0.15, 0.2) is 0 Å². The SMILES string of the molecule is CN(CCCN1CCCC1)C1CCCNC1. The molecule has 0 aromatic heterocycles. The lowest BCUT2D eigenvalue weighted by atomic mass is 10.1. The average Bonchev–Trinajstić information content (AvgIpc) is 2.83. The highest BCUT2D eigenvalue weighted by Crippen LogP contribution is 2.10. The van der Waals surface area contributed by atoms with Gasteiger partial charge in [0.2, 0.25) is 0 Å². The van der Waals surface area contributed by atoms with Crippen molar-refractivity contribution < 1.29 is 0 Å². The first kappa shape index (κ1) is 12.3. The fourth-order valence-corrected chi connectivity index (χ4v) is 2.94. The van der Waals surface area contributed by atoms with Gasteiger partial charge in [-0.25, -0.2) is 0 Å². The van der Waals surface area contributed by atoms with Crippen LogP contribution in [0.2, 0.25) is 0 Å². The van der Waals surface area contributed by atoms with Gasteiger partial charge in [-0.3, -0.25) is 0 Å². The van der Waals surface area contributed by atoms with Crippen LogP contribution in [0.5, 0.6) is 0 Å². The predicted molar refractivity (Wildman–Crippen MR) is 68.8 cm³/mol. The van der Waals surface area contributed by atoms with Crippen LogP contribution in [-0.2, 0) is 0 Å². The summed E-state index contributed by atoms with van der Waals surface area (Å²) in [5.41, 5.74) is 0. The van der Waals surface area contributed by atoms with E-state index in [9.17, 15) is 0 Å². The minimum Gasteiger partial charge on any atom is -0.315 e. The summed E-state index contributed by atoms with van der Waals surface area (Å²) in [6.07, 6.45) is 6.91. The molecule has 1 atom stereocenters. The quantitative estimate of drug-likeness (QED) is 0.757. The number of piperidine rings is 1. The van der Waals surface area contributed by atoms with Crippen molar-refractivity contribution in [3.8, 4) is 0 Å². The van der Waals surface area contributed by atoms with Gasteiger partial charge in [0, 0.05) is 12.6 Å². The first-order valence-electron chi connectivity index (χ1n) is 6.99. The molecule has 2 rings (SSSR count). The summed E-state index contributed by atoms with van der Waals surface area (Å²) in [5.74, 6) is 0. The molecule has 2 heterocycles. The average molecular weight is 225 g/mol. The first-order valence-corrected chi connectivity index (χ1v) is 6.99. The number of likely N-dealkylation sites (tertiary alicyclic amines) is 1. The molecule has 2 saturated heterocycles. The highest BCUT2D eigenvalue weighted by Gasteiger charge is 2.17. The molecule has 0 amide bonds.